The molecule has 82 valence electrons. The van der Waals surface area contributed by atoms with Crippen molar-refractivity contribution < 1.29 is 4.79 Å². The normalized spacial score (nSPS) is 26.6. The lowest BCUT2D eigenvalue weighted by Crippen LogP contribution is -1.96. The number of allylic oxidation sites excluding steroid dienone is 6. The van der Waals surface area contributed by atoms with Gasteiger partial charge < -0.3 is 0 Å². The van der Waals surface area contributed by atoms with Crippen molar-refractivity contribution in [3.05, 3.63) is 36.0 Å². The average molecular weight is 204 g/mol. The summed E-state index contributed by atoms with van der Waals surface area (Å²) in [6.07, 6.45) is 17.1. The monoisotopic (exact) mass is 204 g/mol. The molecule has 0 aliphatic heterocycles. The first-order valence-electron chi connectivity index (χ1n) is 5.80. The first kappa shape index (κ1) is 12.0. The van der Waals surface area contributed by atoms with E-state index in [1.54, 1.807) is 6.92 Å². The van der Waals surface area contributed by atoms with E-state index in [1.807, 2.05) is 0 Å². The molecule has 0 unspecified atom stereocenters. The molecule has 0 N–H and O–H groups in total. The summed E-state index contributed by atoms with van der Waals surface area (Å²) in [6.45, 7) is 1.66. The number of carbonyl (C=O) groups excluding carboxylic acids is 1. The Hall–Kier alpha value is -1.11. The Morgan fingerprint density at radius 2 is 1.47 bits per heavy atom. The third-order valence-corrected chi connectivity index (χ3v) is 2.59. The molecule has 1 aliphatic carbocycles. The predicted molar refractivity (Wildman–Crippen MR) is 64.7 cm³/mol. The van der Waals surface area contributed by atoms with E-state index in [0.717, 1.165) is 44.1 Å². The van der Waals surface area contributed by atoms with Gasteiger partial charge in [-0.1, -0.05) is 30.4 Å². The molecule has 0 heterocycles. The zero-order chi connectivity index (χ0) is 10.9. The minimum absolute atomic E-state index is 0.226. The first-order chi connectivity index (χ1) is 7.30. The fraction of sp³-hybridized carbons (Fsp3) is 0.500. The van der Waals surface area contributed by atoms with E-state index in [2.05, 4.69) is 30.4 Å². The predicted octanol–water partition coefficient (Wildman–Crippen LogP) is 3.97. The largest absolute Gasteiger partial charge is 0.295 e. The summed E-state index contributed by atoms with van der Waals surface area (Å²) in [7, 11) is 0. The van der Waals surface area contributed by atoms with Crippen LogP contribution in [0.1, 0.15) is 45.4 Å². The highest BCUT2D eigenvalue weighted by Crippen LogP contribution is 2.11. The highest BCUT2D eigenvalue weighted by atomic mass is 16.1. The maximum absolute atomic E-state index is 11.3. The van der Waals surface area contributed by atoms with Crippen LogP contribution in [0.4, 0.5) is 0 Å². The SMILES string of the molecule is CC(=O)/C1=C/CC/C=C\CC/C=C\CC1. The Kier molecular flexibility index (Phi) is 5.76. The van der Waals surface area contributed by atoms with Gasteiger partial charge in [0.2, 0.25) is 0 Å². The number of rotatable bonds is 1. The van der Waals surface area contributed by atoms with Gasteiger partial charge in [0.25, 0.3) is 0 Å². The Bertz CT molecular complexity index is 282. The van der Waals surface area contributed by atoms with Gasteiger partial charge in [0, 0.05) is 0 Å². The smallest absolute Gasteiger partial charge is 0.155 e. The Morgan fingerprint density at radius 1 is 0.933 bits per heavy atom. The molecule has 0 atom stereocenters. The molecule has 1 nitrogen and oxygen atoms in total. The van der Waals surface area contributed by atoms with Gasteiger partial charge in [-0.15, -0.1) is 0 Å². The fourth-order valence-corrected chi connectivity index (χ4v) is 1.68. The molecule has 0 radical (unpaired) electrons. The highest BCUT2D eigenvalue weighted by Gasteiger charge is 2.01. The maximum Gasteiger partial charge on any atom is 0.155 e. The van der Waals surface area contributed by atoms with Crippen LogP contribution >= 0.6 is 0 Å². The Balaban J connectivity index is 2.59. The minimum atomic E-state index is 0.226. The van der Waals surface area contributed by atoms with Crippen LogP contribution in [0.15, 0.2) is 36.0 Å². The van der Waals surface area contributed by atoms with Crippen molar-refractivity contribution in [2.75, 3.05) is 0 Å². The van der Waals surface area contributed by atoms with Crippen LogP contribution < -0.4 is 0 Å². The molecule has 0 spiro atoms. The van der Waals surface area contributed by atoms with Crippen LogP contribution in [0.5, 0.6) is 0 Å². The molecule has 0 fully saturated rings. The van der Waals surface area contributed by atoms with Gasteiger partial charge in [-0.25, -0.2) is 0 Å². The third kappa shape index (κ3) is 5.36. The molecule has 0 aromatic rings. The molecule has 1 heteroatoms. The second-order valence-electron chi connectivity index (χ2n) is 3.92. The maximum atomic E-state index is 11.3. The molecule has 1 aliphatic rings. The molecule has 0 saturated carbocycles. The quantitative estimate of drug-likeness (QED) is 0.591. The zero-order valence-electron chi connectivity index (χ0n) is 9.54. The summed E-state index contributed by atoms with van der Waals surface area (Å²) in [6, 6.07) is 0. The van der Waals surface area contributed by atoms with Gasteiger partial charge in [0.1, 0.15) is 0 Å². The molecular formula is C14H20O. The van der Waals surface area contributed by atoms with E-state index < -0.39 is 0 Å². The number of hydrogen-bond acceptors (Lipinski definition) is 1. The number of hydrogen-bond donors (Lipinski definition) is 0. The standard InChI is InChI=1S/C14H20O/c1-13(15)14-11-9-7-5-3-2-4-6-8-10-12-14/h3,5-6,8,11H,2,4,7,9-10,12H2,1H3/b5-3-,8-6-,14-11+. The van der Waals surface area contributed by atoms with Crippen molar-refractivity contribution in [3.8, 4) is 0 Å². The highest BCUT2D eigenvalue weighted by molar-refractivity contribution is 5.93. The molecule has 15 heavy (non-hydrogen) atoms. The van der Waals surface area contributed by atoms with Crippen LogP contribution in [-0.4, -0.2) is 5.78 Å². The van der Waals surface area contributed by atoms with Crippen LogP contribution in [-0.2, 0) is 4.79 Å². The van der Waals surface area contributed by atoms with Crippen molar-refractivity contribution in [2.24, 2.45) is 0 Å². The second-order valence-corrected chi connectivity index (χ2v) is 3.92. The van der Waals surface area contributed by atoms with Crippen LogP contribution in [0.2, 0.25) is 0 Å². The van der Waals surface area contributed by atoms with Crippen LogP contribution in [0.3, 0.4) is 0 Å². The molecule has 1 rings (SSSR count). The van der Waals surface area contributed by atoms with E-state index in [9.17, 15) is 4.79 Å². The van der Waals surface area contributed by atoms with E-state index in [0.29, 0.717) is 0 Å². The summed E-state index contributed by atoms with van der Waals surface area (Å²) < 4.78 is 0. The van der Waals surface area contributed by atoms with E-state index in [-0.39, 0.29) is 5.78 Å². The van der Waals surface area contributed by atoms with Gasteiger partial charge >= 0.3 is 0 Å². The molecule has 0 amide bonds. The summed E-state index contributed by atoms with van der Waals surface area (Å²) >= 11 is 0. The van der Waals surface area contributed by atoms with Gasteiger partial charge in [0.05, 0.1) is 0 Å². The third-order valence-electron chi connectivity index (χ3n) is 2.59. The summed E-state index contributed by atoms with van der Waals surface area (Å²) in [5.41, 5.74) is 0.994. The van der Waals surface area contributed by atoms with Crippen molar-refractivity contribution >= 4 is 5.78 Å². The summed E-state index contributed by atoms with van der Waals surface area (Å²) in [4.78, 5) is 11.3. The fourth-order valence-electron chi connectivity index (χ4n) is 1.68. The van der Waals surface area contributed by atoms with Gasteiger partial charge in [-0.2, -0.15) is 0 Å². The molecule has 0 bridgehead atoms. The molecular weight excluding hydrogens is 184 g/mol. The lowest BCUT2D eigenvalue weighted by atomic mass is 10.0. The lowest BCUT2D eigenvalue weighted by Gasteiger charge is -2.01. The Labute approximate surface area is 92.6 Å². The zero-order valence-corrected chi connectivity index (χ0v) is 9.54. The van der Waals surface area contributed by atoms with Crippen LogP contribution in [0, 0.1) is 0 Å². The van der Waals surface area contributed by atoms with Crippen molar-refractivity contribution in [1.82, 2.24) is 0 Å². The van der Waals surface area contributed by atoms with Crippen molar-refractivity contribution in [2.45, 2.75) is 45.4 Å². The first-order valence-corrected chi connectivity index (χ1v) is 5.80. The Morgan fingerprint density at radius 3 is 2.07 bits per heavy atom. The van der Waals surface area contributed by atoms with Crippen LogP contribution in [0.25, 0.3) is 0 Å². The second kappa shape index (κ2) is 7.22. The van der Waals surface area contributed by atoms with Gasteiger partial charge in [0.15, 0.2) is 5.78 Å². The van der Waals surface area contributed by atoms with Crippen molar-refractivity contribution in [1.29, 1.82) is 0 Å². The molecule has 0 saturated heterocycles. The molecule has 0 aromatic heterocycles. The van der Waals surface area contributed by atoms with E-state index in [4.69, 9.17) is 0 Å². The molecule has 0 aromatic carbocycles. The average Bonchev–Trinajstić information content (AvgIpc) is 2.18. The number of ketones is 1. The van der Waals surface area contributed by atoms with Gasteiger partial charge in [-0.3, -0.25) is 4.79 Å². The summed E-state index contributed by atoms with van der Waals surface area (Å²) in [5.74, 6) is 0.226. The number of Topliss-reactive ketones (excluding diaryl/α,β-unsaturated/α-hetero) is 1. The van der Waals surface area contributed by atoms with Gasteiger partial charge in [-0.05, 0) is 51.0 Å². The lowest BCUT2D eigenvalue weighted by molar-refractivity contribution is -0.113. The summed E-state index contributed by atoms with van der Waals surface area (Å²) in [5, 5.41) is 0. The topological polar surface area (TPSA) is 17.1 Å². The minimum Gasteiger partial charge on any atom is -0.295 e. The van der Waals surface area contributed by atoms with E-state index >= 15 is 0 Å². The number of carbonyl (C=O) groups is 1. The van der Waals surface area contributed by atoms with Crippen molar-refractivity contribution in [3.63, 3.8) is 0 Å². The van der Waals surface area contributed by atoms with E-state index in [1.165, 1.54) is 0 Å².